The summed E-state index contributed by atoms with van der Waals surface area (Å²) in [5.74, 6) is -8.40. The predicted octanol–water partition coefficient (Wildman–Crippen LogP) is 7.24. The molecule has 0 saturated heterocycles. The van der Waals surface area contributed by atoms with Gasteiger partial charge in [0.25, 0.3) is 0 Å². The summed E-state index contributed by atoms with van der Waals surface area (Å²) in [5.41, 5.74) is -0.597. The maximum atomic E-state index is 14.4. The summed E-state index contributed by atoms with van der Waals surface area (Å²) >= 11 is 6.21. The first-order valence-corrected chi connectivity index (χ1v) is 10.2. The average Bonchev–Trinajstić information content (AvgIpc) is 2.80. The minimum absolute atomic E-state index is 0.00751. The molecule has 0 amide bonds. The van der Waals surface area contributed by atoms with E-state index in [9.17, 15) is 22.7 Å². The predicted molar refractivity (Wildman–Crippen MR) is 121 cm³/mol. The lowest BCUT2D eigenvalue weighted by atomic mass is 9.77. The van der Waals surface area contributed by atoms with Crippen molar-refractivity contribution < 1.29 is 27.4 Å². The number of aliphatic imine (C=N–C) groups is 1. The highest BCUT2D eigenvalue weighted by Crippen LogP contribution is 2.40. The van der Waals surface area contributed by atoms with Crippen molar-refractivity contribution >= 4 is 23.5 Å². The van der Waals surface area contributed by atoms with Crippen LogP contribution in [0, 0.1) is 23.3 Å². The molecule has 33 heavy (non-hydrogen) atoms. The van der Waals surface area contributed by atoms with E-state index in [1.165, 1.54) is 6.07 Å². The number of phenols is 1. The fraction of sp³-hybridized carbons (Fsp3) is 0.160. The second kappa shape index (κ2) is 9.67. The Bertz CT molecular complexity index is 1200. The van der Waals surface area contributed by atoms with Crippen LogP contribution in [-0.4, -0.2) is 17.9 Å². The molecule has 0 spiro atoms. The number of hydrogen-bond acceptors (Lipinski definition) is 3. The van der Waals surface area contributed by atoms with Gasteiger partial charge in [-0.3, -0.25) is 0 Å². The molecule has 0 atom stereocenters. The Morgan fingerprint density at radius 3 is 2.21 bits per heavy atom. The smallest absolute Gasteiger partial charge is 0.206 e. The van der Waals surface area contributed by atoms with E-state index >= 15 is 0 Å². The summed E-state index contributed by atoms with van der Waals surface area (Å²) in [6.45, 7) is 6.67. The molecule has 0 radical (unpaired) electrons. The standard InChI is InChI=1S/C25H20ClF4NO2/c1-4-10-33-24-20(29)18(27)22(19(28)21(24)30)31-13-14-11-16(26)12-17(23(14)32)25(2,3)15-8-6-5-7-9-15/h4-9,11-13,32H,1,10H2,2-3H3. The Morgan fingerprint density at radius 2 is 1.64 bits per heavy atom. The van der Waals surface area contributed by atoms with E-state index in [1.807, 2.05) is 44.2 Å². The van der Waals surface area contributed by atoms with E-state index in [2.05, 4.69) is 16.3 Å². The van der Waals surface area contributed by atoms with E-state index in [1.54, 1.807) is 6.07 Å². The lowest BCUT2D eigenvalue weighted by molar-refractivity contribution is 0.303. The van der Waals surface area contributed by atoms with Crippen LogP contribution in [0.25, 0.3) is 0 Å². The van der Waals surface area contributed by atoms with Crippen LogP contribution in [0.4, 0.5) is 23.2 Å². The maximum Gasteiger partial charge on any atom is 0.206 e. The average molecular weight is 478 g/mol. The highest BCUT2D eigenvalue weighted by molar-refractivity contribution is 6.31. The van der Waals surface area contributed by atoms with Crippen LogP contribution >= 0.6 is 11.6 Å². The number of aromatic hydroxyl groups is 1. The summed E-state index contributed by atoms with van der Waals surface area (Å²) in [5, 5.41) is 11.1. The van der Waals surface area contributed by atoms with Crippen molar-refractivity contribution in [2.75, 3.05) is 6.61 Å². The quantitative estimate of drug-likeness (QED) is 0.169. The Hall–Kier alpha value is -3.32. The van der Waals surface area contributed by atoms with Gasteiger partial charge in [0.2, 0.25) is 11.6 Å². The number of ether oxygens (including phenoxy) is 1. The van der Waals surface area contributed by atoms with E-state index < -0.39 is 40.1 Å². The Balaban J connectivity index is 2.08. The largest absolute Gasteiger partial charge is 0.507 e. The fourth-order valence-corrected chi connectivity index (χ4v) is 3.55. The highest BCUT2D eigenvalue weighted by atomic mass is 35.5. The molecular formula is C25H20ClF4NO2. The van der Waals surface area contributed by atoms with Crippen LogP contribution in [-0.2, 0) is 5.41 Å². The highest BCUT2D eigenvalue weighted by Gasteiger charge is 2.29. The van der Waals surface area contributed by atoms with Gasteiger partial charge in [0, 0.05) is 27.8 Å². The topological polar surface area (TPSA) is 41.8 Å². The van der Waals surface area contributed by atoms with Gasteiger partial charge in [-0.25, -0.2) is 13.8 Å². The molecule has 0 unspecified atom stereocenters. The van der Waals surface area contributed by atoms with Gasteiger partial charge in [-0.1, -0.05) is 68.4 Å². The van der Waals surface area contributed by atoms with Gasteiger partial charge >= 0.3 is 0 Å². The second-order valence-corrected chi connectivity index (χ2v) is 8.11. The molecule has 0 bridgehead atoms. The van der Waals surface area contributed by atoms with Crippen LogP contribution < -0.4 is 4.74 Å². The lowest BCUT2D eigenvalue weighted by Gasteiger charge is -2.27. The molecule has 172 valence electrons. The maximum absolute atomic E-state index is 14.4. The van der Waals surface area contributed by atoms with Gasteiger partial charge in [0.05, 0.1) is 0 Å². The third-order valence-electron chi connectivity index (χ3n) is 5.15. The van der Waals surface area contributed by atoms with Gasteiger partial charge in [0.15, 0.2) is 17.4 Å². The first-order valence-electron chi connectivity index (χ1n) is 9.81. The third-order valence-corrected chi connectivity index (χ3v) is 5.37. The molecule has 0 aliphatic heterocycles. The minimum Gasteiger partial charge on any atom is -0.507 e. The van der Waals surface area contributed by atoms with E-state index in [-0.39, 0.29) is 22.9 Å². The molecule has 0 aliphatic rings. The lowest BCUT2D eigenvalue weighted by Crippen LogP contribution is -2.19. The summed E-state index contributed by atoms with van der Waals surface area (Å²) in [6, 6.07) is 12.2. The van der Waals surface area contributed by atoms with Crippen LogP contribution in [0.2, 0.25) is 5.02 Å². The van der Waals surface area contributed by atoms with Crippen LogP contribution in [0.3, 0.4) is 0 Å². The molecule has 3 nitrogen and oxygen atoms in total. The first-order chi connectivity index (χ1) is 15.6. The van der Waals surface area contributed by atoms with Gasteiger partial charge in [-0.05, 0) is 17.7 Å². The van der Waals surface area contributed by atoms with Gasteiger partial charge in [-0.15, -0.1) is 0 Å². The van der Waals surface area contributed by atoms with Crippen LogP contribution in [0.5, 0.6) is 11.5 Å². The fourth-order valence-electron chi connectivity index (χ4n) is 3.32. The number of benzene rings is 3. The molecule has 0 aromatic heterocycles. The third kappa shape index (κ3) is 4.73. The molecular weight excluding hydrogens is 458 g/mol. The van der Waals surface area contributed by atoms with Gasteiger partial charge < -0.3 is 9.84 Å². The molecule has 1 N–H and O–H groups in total. The van der Waals surface area contributed by atoms with E-state index in [0.29, 0.717) is 5.56 Å². The number of rotatable bonds is 7. The molecule has 8 heteroatoms. The zero-order valence-corrected chi connectivity index (χ0v) is 18.6. The minimum atomic E-state index is -1.74. The number of hydrogen-bond donors (Lipinski definition) is 1. The second-order valence-electron chi connectivity index (χ2n) is 7.67. The SMILES string of the molecule is C=CCOc1c(F)c(F)c(N=Cc2cc(Cl)cc(C(C)(C)c3ccccc3)c2O)c(F)c1F. The molecule has 3 aromatic carbocycles. The normalized spacial score (nSPS) is 11.7. The molecule has 0 fully saturated rings. The van der Waals surface area contributed by atoms with Crippen molar-refractivity contribution in [2.45, 2.75) is 19.3 Å². The summed E-state index contributed by atoms with van der Waals surface area (Å²) in [7, 11) is 0. The van der Waals surface area contributed by atoms with E-state index in [0.717, 1.165) is 17.9 Å². The summed E-state index contributed by atoms with van der Waals surface area (Å²) < 4.78 is 61.9. The van der Waals surface area contributed by atoms with Crippen molar-refractivity contribution in [3.8, 4) is 11.5 Å². The van der Waals surface area contributed by atoms with Crippen LogP contribution in [0.15, 0.2) is 60.1 Å². The number of nitrogens with zero attached hydrogens (tertiary/aromatic N) is 1. The van der Waals surface area contributed by atoms with Crippen molar-refractivity contribution in [3.05, 3.63) is 100 Å². The Kier molecular flexibility index (Phi) is 7.12. The zero-order valence-electron chi connectivity index (χ0n) is 17.8. The summed E-state index contributed by atoms with van der Waals surface area (Å²) in [4.78, 5) is 3.57. The monoisotopic (exact) mass is 477 g/mol. The number of phenolic OH excluding ortho intramolecular Hbond substituents is 1. The summed E-state index contributed by atoms with van der Waals surface area (Å²) in [6.07, 6.45) is 2.05. The first kappa shape index (κ1) is 24.3. The van der Waals surface area contributed by atoms with Gasteiger partial charge in [0.1, 0.15) is 18.0 Å². The molecule has 3 rings (SSSR count). The van der Waals surface area contributed by atoms with Crippen molar-refractivity contribution in [3.63, 3.8) is 0 Å². The van der Waals surface area contributed by atoms with Gasteiger partial charge in [-0.2, -0.15) is 8.78 Å². The van der Waals surface area contributed by atoms with Crippen molar-refractivity contribution in [2.24, 2.45) is 4.99 Å². The molecule has 3 aromatic rings. The van der Waals surface area contributed by atoms with Crippen LogP contribution in [0.1, 0.15) is 30.5 Å². The Morgan fingerprint density at radius 1 is 1.03 bits per heavy atom. The zero-order chi connectivity index (χ0) is 24.3. The number of halogens is 5. The van der Waals surface area contributed by atoms with Crippen molar-refractivity contribution in [1.29, 1.82) is 0 Å². The van der Waals surface area contributed by atoms with E-state index in [4.69, 9.17) is 11.6 Å². The Labute approximate surface area is 193 Å². The van der Waals surface area contributed by atoms with Crippen molar-refractivity contribution in [1.82, 2.24) is 0 Å². The molecule has 0 aliphatic carbocycles. The molecule has 0 heterocycles. The molecule has 0 saturated carbocycles.